The molecule has 0 aromatic heterocycles. The molecule has 0 spiro atoms. The van der Waals surface area contributed by atoms with E-state index in [4.69, 9.17) is 4.74 Å². The highest BCUT2D eigenvalue weighted by Crippen LogP contribution is 2.51. The van der Waals surface area contributed by atoms with Crippen LogP contribution in [0.4, 0.5) is 13.2 Å². The maximum absolute atomic E-state index is 13.9. The Morgan fingerprint density at radius 3 is 2.14 bits per heavy atom. The SMILES string of the molecule is COc1ccc2c(c1)C(C#Cc1ccccc1)(c1ccccc1)C=C2C(F)(F)F. The number of halogens is 3. The van der Waals surface area contributed by atoms with E-state index in [0.717, 1.165) is 5.56 Å². The van der Waals surface area contributed by atoms with Crippen LogP contribution in [0.1, 0.15) is 22.3 Å². The molecule has 29 heavy (non-hydrogen) atoms. The van der Waals surface area contributed by atoms with Crippen molar-refractivity contribution in [2.45, 2.75) is 11.6 Å². The lowest BCUT2D eigenvalue weighted by molar-refractivity contribution is -0.0688. The van der Waals surface area contributed by atoms with Crippen molar-refractivity contribution in [3.05, 3.63) is 107 Å². The summed E-state index contributed by atoms with van der Waals surface area (Å²) in [6.07, 6.45) is -3.25. The fourth-order valence-corrected chi connectivity index (χ4v) is 3.63. The quantitative estimate of drug-likeness (QED) is 0.488. The van der Waals surface area contributed by atoms with Crippen LogP contribution in [0.3, 0.4) is 0 Å². The highest BCUT2D eigenvalue weighted by atomic mass is 19.4. The van der Waals surface area contributed by atoms with Crippen LogP contribution < -0.4 is 4.74 Å². The minimum Gasteiger partial charge on any atom is -0.497 e. The van der Waals surface area contributed by atoms with Gasteiger partial charge in [-0.3, -0.25) is 0 Å². The molecule has 1 atom stereocenters. The molecule has 144 valence electrons. The number of allylic oxidation sites excluding steroid dienone is 2. The van der Waals surface area contributed by atoms with E-state index in [0.29, 0.717) is 16.9 Å². The summed E-state index contributed by atoms with van der Waals surface area (Å²) in [5.41, 5.74) is 0.106. The average molecular weight is 390 g/mol. The third-order valence-corrected chi connectivity index (χ3v) is 5.01. The van der Waals surface area contributed by atoms with Gasteiger partial charge >= 0.3 is 6.18 Å². The van der Waals surface area contributed by atoms with Crippen LogP contribution in [0.15, 0.2) is 84.9 Å². The Morgan fingerprint density at radius 1 is 0.862 bits per heavy atom. The lowest BCUT2D eigenvalue weighted by atomic mass is 9.76. The summed E-state index contributed by atoms with van der Waals surface area (Å²) in [5, 5.41) is 0. The maximum Gasteiger partial charge on any atom is 0.416 e. The zero-order valence-corrected chi connectivity index (χ0v) is 15.6. The number of fused-ring (bicyclic) bond motifs is 1. The molecule has 0 aliphatic heterocycles. The number of hydrogen-bond donors (Lipinski definition) is 0. The molecule has 0 amide bonds. The standard InChI is InChI=1S/C25H17F3O/c1-29-20-12-13-21-22(16-20)24(17-23(21)25(26,27)28,19-10-6-3-7-11-19)15-14-18-8-4-2-5-9-18/h2-13,16-17H,1H3. The molecule has 1 aliphatic carbocycles. The van der Waals surface area contributed by atoms with Crippen LogP contribution in [-0.4, -0.2) is 13.3 Å². The van der Waals surface area contributed by atoms with Gasteiger partial charge in [0.1, 0.15) is 11.2 Å². The second-order valence-corrected chi connectivity index (χ2v) is 6.76. The molecule has 3 aromatic carbocycles. The molecule has 4 rings (SSSR count). The van der Waals surface area contributed by atoms with Crippen molar-refractivity contribution in [3.63, 3.8) is 0 Å². The second kappa shape index (κ2) is 7.18. The molecule has 0 radical (unpaired) electrons. The molecular formula is C25H17F3O. The fourth-order valence-electron chi connectivity index (χ4n) is 3.63. The Labute approximate surface area is 167 Å². The van der Waals surface area contributed by atoms with Crippen LogP contribution in [0.2, 0.25) is 0 Å². The Hall–Kier alpha value is -3.45. The number of alkyl halides is 3. The van der Waals surface area contributed by atoms with Crippen molar-refractivity contribution in [1.29, 1.82) is 0 Å². The first-order valence-electron chi connectivity index (χ1n) is 9.07. The first-order chi connectivity index (χ1) is 13.9. The molecule has 0 bridgehead atoms. The van der Waals surface area contributed by atoms with Crippen molar-refractivity contribution >= 4 is 5.57 Å². The lowest BCUT2D eigenvalue weighted by Crippen LogP contribution is -2.21. The van der Waals surface area contributed by atoms with Crippen LogP contribution in [0.5, 0.6) is 5.75 Å². The van der Waals surface area contributed by atoms with Crippen molar-refractivity contribution in [3.8, 4) is 17.6 Å². The van der Waals surface area contributed by atoms with Gasteiger partial charge in [-0.05, 0) is 47.0 Å². The summed E-state index contributed by atoms with van der Waals surface area (Å²) < 4.78 is 47.0. The van der Waals surface area contributed by atoms with Crippen molar-refractivity contribution in [2.75, 3.05) is 7.11 Å². The molecule has 0 saturated carbocycles. The Balaban J connectivity index is 2.03. The van der Waals surface area contributed by atoms with Gasteiger partial charge in [-0.1, -0.05) is 66.4 Å². The Kier molecular flexibility index (Phi) is 4.68. The van der Waals surface area contributed by atoms with E-state index < -0.39 is 17.2 Å². The van der Waals surface area contributed by atoms with Gasteiger partial charge in [-0.2, -0.15) is 13.2 Å². The summed E-state index contributed by atoms with van der Waals surface area (Å²) in [5.74, 6) is 6.72. The van der Waals surface area contributed by atoms with Crippen molar-refractivity contribution in [1.82, 2.24) is 0 Å². The minimum absolute atomic E-state index is 0.129. The molecule has 4 heteroatoms. The van der Waals surface area contributed by atoms with Gasteiger partial charge in [-0.25, -0.2) is 0 Å². The van der Waals surface area contributed by atoms with Gasteiger partial charge in [0, 0.05) is 5.56 Å². The van der Waals surface area contributed by atoms with E-state index in [9.17, 15) is 13.2 Å². The lowest BCUT2D eigenvalue weighted by Gasteiger charge is -2.24. The third kappa shape index (κ3) is 3.40. The van der Waals surface area contributed by atoms with Gasteiger partial charge in [0.05, 0.1) is 12.7 Å². The number of benzene rings is 3. The van der Waals surface area contributed by atoms with Crippen molar-refractivity contribution < 1.29 is 17.9 Å². The van der Waals surface area contributed by atoms with E-state index >= 15 is 0 Å². The molecule has 3 aromatic rings. The third-order valence-electron chi connectivity index (χ3n) is 5.01. The zero-order chi connectivity index (χ0) is 20.5. The number of methoxy groups -OCH3 is 1. The van der Waals surface area contributed by atoms with E-state index in [2.05, 4.69) is 11.8 Å². The molecule has 0 fully saturated rings. The summed E-state index contributed by atoms with van der Waals surface area (Å²) in [6.45, 7) is 0. The Morgan fingerprint density at radius 2 is 1.52 bits per heavy atom. The van der Waals surface area contributed by atoms with E-state index in [1.807, 2.05) is 36.4 Å². The highest BCUT2D eigenvalue weighted by Gasteiger charge is 2.47. The maximum atomic E-state index is 13.9. The highest BCUT2D eigenvalue weighted by molar-refractivity contribution is 5.84. The van der Waals surface area contributed by atoms with Gasteiger partial charge in [0.15, 0.2) is 0 Å². The molecule has 0 N–H and O–H groups in total. The van der Waals surface area contributed by atoms with E-state index in [-0.39, 0.29) is 5.56 Å². The summed E-state index contributed by atoms with van der Waals surface area (Å²) in [7, 11) is 1.49. The molecule has 1 nitrogen and oxygen atoms in total. The average Bonchev–Trinajstić information content (AvgIpc) is 3.09. The summed E-state index contributed by atoms with van der Waals surface area (Å²) in [6, 6.07) is 22.9. The molecule has 1 unspecified atom stereocenters. The molecular weight excluding hydrogens is 373 g/mol. The first kappa shape index (κ1) is 18.9. The van der Waals surface area contributed by atoms with Gasteiger partial charge in [0.25, 0.3) is 0 Å². The fraction of sp³-hybridized carbons (Fsp3) is 0.120. The number of ether oxygens (including phenoxy) is 1. The van der Waals surface area contributed by atoms with Crippen LogP contribution in [0.25, 0.3) is 5.57 Å². The smallest absolute Gasteiger partial charge is 0.416 e. The summed E-state index contributed by atoms with van der Waals surface area (Å²) >= 11 is 0. The largest absolute Gasteiger partial charge is 0.497 e. The van der Waals surface area contributed by atoms with E-state index in [1.165, 1.54) is 19.3 Å². The zero-order valence-electron chi connectivity index (χ0n) is 15.6. The predicted molar refractivity (Wildman–Crippen MR) is 108 cm³/mol. The van der Waals surface area contributed by atoms with Crippen molar-refractivity contribution in [2.24, 2.45) is 0 Å². The normalized spacial score (nSPS) is 17.7. The molecule has 1 aliphatic rings. The van der Waals surface area contributed by atoms with Gasteiger partial charge in [-0.15, -0.1) is 0 Å². The second-order valence-electron chi connectivity index (χ2n) is 6.76. The number of hydrogen-bond acceptors (Lipinski definition) is 1. The van der Waals surface area contributed by atoms with Crippen LogP contribution in [0, 0.1) is 11.8 Å². The monoisotopic (exact) mass is 390 g/mol. The molecule has 0 heterocycles. The Bertz CT molecular complexity index is 1120. The number of rotatable bonds is 2. The summed E-state index contributed by atoms with van der Waals surface area (Å²) in [4.78, 5) is 0. The van der Waals surface area contributed by atoms with Gasteiger partial charge < -0.3 is 4.74 Å². The topological polar surface area (TPSA) is 9.23 Å². The predicted octanol–water partition coefficient (Wildman–Crippen LogP) is 5.99. The van der Waals surface area contributed by atoms with Crippen LogP contribution >= 0.6 is 0 Å². The van der Waals surface area contributed by atoms with Crippen LogP contribution in [-0.2, 0) is 5.41 Å². The first-order valence-corrected chi connectivity index (χ1v) is 9.07. The van der Waals surface area contributed by atoms with Gasteiger partial charge in [0.2, 0.25) is 0 Å². The molecule has 0 saturated heterocycles. The minimum atomic E-state index is -4.49. The van der Waals surface area contributed by atoms with E-state index in [1.54, 1.807) is 36.4 Å².